The van der Waals surface area contributed by atoms with Crippen molar-refractivity contribution >= 4 is 28.2 Å². The predicted molar refractivity (Wildman–Crippen MR) is 72.9 cm³/mol. The number of hydrogen-bond donors (Lipinski definition) is 2. The summed E-state index contributed by atoms with van der Waals surface area (Å²) in [5.41, 5.74) is 0.160. The molecular weight excluding hydrogens is 266 g/mol. The Morgan fingerprint density at radius 2 is 2.37 bits per heavy atom. The Morgan fingerprint density at radius 3 is 3.00 bits per heavy atom. The zero-order valence-corrected chi connectivity index (χ0v) is 11.6. The van der Waals surface area contributed by atoms with E-state index in [2.05, 4.69) is 5.32 Å². The van der Waals surface area contributed by atoms with Gasteiger partial charge in [0.1, 0.15) is 5.00 Å². The van der Waals surface area contributed by atoms with Gasteiger partial charge in [0.15, 0.2) is 0 Å². The Labute approximate surface area is 115 Å². The van der Waals surface area contributed by atoms with Crippen LogP contribution >= 0.6 is 11.3 Å². The SMILES string of the molecule is Cc1cc(C(=O)O)c(NC(=O)CCC2CCCO2)s1. The van der Waals surface area contributed by atoms with E-state index in [9.17, 15) is 9.59 Å². The second-order valence-electron chi connectivity index (χ2n) is 4.63. The van der Waals surface area contributed by atoms with Crippen molar-refractivity contribution in [1.82, 2.24) is 0 Å². The van der Waals surface area contributed by atoms with Crippen molar-refractivity contribution in [2.45, 2.75) is 38.7 Å². The predicted octanol–water partition coefficient (Wildman–Crippen LogP) is 2.65. The van der Waals surface area contributed by atoms with Crippen molar-refractivity contribution in [3.05, 3.63) is 16.5 Å². The lowest BCUT2D eigenvalue weighted by Gasteiger charge is -2.08. The Hall–Kier alpha value is -1.40. The first-order valence-corrected chi connectivity index (χ1v) is 7.13. The number of thiophene rings is 1. The van der Waals surface area contributed by atoms with E-state index in [4.69, 9.17) is 9.84 Å². The summed E-state index contributed by atoms with van der Waals surface area (Å²) in [5.74, 6) is -1.17. The minimum absolute atomic E-state index is 0.153. The Bertz CT molecular complexity index is 477. The first-order chi connectivity index (χ1) is 9.06. The van der Waals surface area contributed by atoms with Crippen molar-refractivity contribution in [3.8, 4) is 0 Å². The lowest BCUT2D eigenvalue weighted by atomic mass is 10.1. The Morgan fingerprint density at radius 1 is 1.58 bits per heavy atom. The maximum atomic E-state index is 11.8. The van der Waals surface area contributed by atoms with Crippen LogP contribution in [0.4, 0.5) is 5.00 Å². The number of hydrogen-bond acceptors (Lipinski definition) is 4. The van der Waals surface area contributed by atoms with Crippen LogP contribution in [0.3, 0.4) is 0 Å². The molecule has 1 fully saturated rings. The van der Waals surface area contributed by atoms with Gasteiger partial charge in [-0.15, -0.1) is 11.3 Å². The first kappa shape index (κ1) is 14.0. The van der Waals surface area contributed by atoms with Gasteiger partial charge in [0.25, 0.3) is 0 Å². The normalized spacial score (nSPS) is 18.5. The van der Waals surface area contributed by atoms with E-state index >= 15 is 0 Å². The van der Waals surface area contributed by atoms with E-state index in [1.54, 1.807) is 6.07 Å². The molecule has 1 saturated heterocycles. The maximum Gasteiger partial charge on any atom is 0.338 e. The van der Waals surface area contributed by atoms with Crippen molar-refractivity contribution < 1.29 is 19.4 Å². The minimum atomic E-state index is -1.02. The molecule has 2 rings (SSSR count). The van der Waals surface area contributed by atoms with Crippen LogP contribution in [0.5, 0.6) is 0 Å². The van der Waals surface area contributed by atoms with Crippen LogP contribution in [0.15, 0.2) is 6.07 Å². The number of nitrogens with one attached hydrogen (secondary N) is 1. The van der Waals surface area contributed by atoms with E-state index in [1.165, 1.54) is 11.3 Å². The van der Waals surface area contributed by atoms with Crippen LogP contribution < -0.4 is 5.32 Å². The molecule has 2 heterocycles. The van der Waals surface area contributed by atoms with Gasteiger partial charge >= 0.3 is 5.97 Å². The molecule has 1 unspecified atom stereocenters. The highest BCUT2D eigenvalue weighted by Gasteiger charge is 2.19. The van der Waals surface area contributed by atoms with Gasteiger partial charge in [-0.25, -0.2) is 4.79 Å². The zero-order valence-electron chi connectivity index (χ0n) is 10.8. The average molecular weight is 283 g/mol. The molecule has 104 valence electrons. The summed E-state index contributed by atoms with van der Waals surface area (Å²) < 4.78 is 5.45. The van der Waals surface area contributed by atoms with E-state index in [0.29, 0.717) is 17.8 Å². The minimum Gasteiger partial charge on any atom is -0.478 e. The Balaban J connectivity index is 1.89. The average Bonchev–Trinajstić information content (AvgIpc) is 2.96. The molecule has 6 heteroatoms. The van der Waals surface area contributed by atoms with Crippen LogP contribution in [0, 0.1) is 6.92 Å². The monoisotopic (exact) mass is 283 g/mol. The molecule has 0 saturated carbocycles. The van der Waals surface area contributed by atoms with Crippen molar-refractivity contribution in [2.24, 2.45) is 0 Å². The summed E-state index contributed by atoms with van der Waals surface area (Å²) in [7, 11) is 0. The van der Waals surface area contributed by atoms with Crippen LogP contribution in [0.25, 0.3) is 0 Å². The highest BCUT2D eigenvalue weighted by molar-refractivity contribution is 7.16. The van der Waals surface area contributed by atoms with Crippen LogP contribution in [-0.4, -0.2) is 29.7 Å². The van der Waals surface area contributed by atoms with Gasteiger partial charge in [-0.1, -0.05) is 0 Å². The second-order valence-corrected chi connectivity index (χ2v) is 5.88. The lowest BCUT2D eigenvalue weighted by Crippen LogP contribution is -2.15. The first-order valence-electron chi connectivity index (χ1n) is 6.31. The summed E-state index contributed by atoms with van der Waals surface area (Å²) in [6.45, 7) is 2.60. The lowest BCUT2D eigenvalue weighted by molar-refractivity contribution is -0.116. The summed E-state index contributed by atoms with van der Waals surface area (Å²) in [5, 5.41) is 12.1. The number of ether oxygens (including phenoxy) is 1. The third-order valence-electron chi connectivity index (χ3n) is 3.06. The summed E-state index contributed by atoms with van der Waals surface area (Å²) in [6, 6.07) is 1.57. The van der Waals surface area contributed by atoms with Crippen molar-refractivity contribution in [3.63, 3.8) is 0 Å². The summed E-state index contributed by atoms with van der Waals surface area (Å²) >= 11 is 1.29. The largest absolute Gasteiger partial charge is 0.478 e. The van der Waals surface area contributed by atoms with Crippen LogP contribution in [0.2, 0.25) is 0 Å². The van der Waals surface area contributed by atoms with Gasteiger partial charge in [-0.05, 0) is 32.3 Å². The molecule has 1 aliphatic heterocycles. The molecule has 0 aromatic carbocycles. The quantitative estimate of drug-likeness (QED) is 0.871. The number of carboxylic acids is 1. The third kappa shape index (κ3) is 3.78. The zero-order chi connectivity index (χ0) is 13.8. The van der Waals surface area contributed by atoms with Crippen LogP contribution in [-0.2, 0) is 9.53 Å². The fourth-order valence-electron chi connectivity index (χ4n) is 2.12. The smallest absolute Gasteiger partial charge is 0.338 e. The number of anilines is 1. The number of aromatic carboxylic acids is 1. The van der Waals surface area contributed by atoms with E-state index in [-0.39, 0.29) is 17.6 Å². The van der Waals surface area contributed by atoms with E-state index in [1.807, 2.05) is 6.92 Å². The van der Waals surface area contributed by atoms with E-state index in [0.717, 1.165) is 24.3 Å². The fourth-order valence-corrected chi connectivity index (χ4v) is 3.04. The van der Waals surface area contributed by atoms with Gasteiger partial charge in [0.2, 0.25) is 5.91 Å². The number of rotatable bonds is 5. The topological polar surface area (TPSA) is 75.6 Å². The molecule has 0 spiro atoms. The molecule has 0 aliphatic carbocycles. The van der Waals surface area contributed by atoms with Crippen LogP contribution in [0.1, 0.15) is 40.9 Å². The molecule has 0 radical (unpaired) electrons. The molecule has 0 bridgehead atoms. The standard InChI is InChI=1S/C13H17NO4S/c1-8-7-10(13(16)17)12(19-8)14-11(15)5-4-9-3-2-6-18-9/h7,9H,2-6H2,1H3,(H,14,15)(H,16,17). The highest BCUT2D eigenvalue weighted by atomic mass is 32.1. The van der Waals surface area contributed by atoms with Gasteiger partial charge < -0.3 is 15.2 Å². The molecule has 1 aromatic rings. The number of carbonyl (C=O) groups is 2. The summed E-state index contributed by atoms with van der Waals surface area (Å²) in [6.07, 6.45) is 3.29. The fraction of sp³-hybridized carbons (Fsp3) is 0.538. The van der Waals surface area contributed by atoms with Crippen molar-refractivity contribution in [1.29, 1.82) is 0 Å². The maximum absolute atomic E-state index is 11.8. The molecule has 5 nitrogen and oxygen atoms in total. The molecule has 2 N–H and O–H groups in total. The molecule has 1 atom stereocenters. The van der Waals surface area contributed by atoms with Gasteiger partial charge in [-0.3, -0.25) is 4.79 Å². The molecule has 19 heavy (non-hydrogen) atoms. The van der Waals surface area contributed by atoms with Gasteiger partial charge in [0, 0.05) is 17.9 Å². The highest BCUT2D eigenvalue weighted by Crippen LogP contribution is 2.28. The molecule has 1 amide bonds. The van der Waals surface area contributed by atoms with Gasteiger partial charge in [0.05, 0.1) is 11.7 Å². The number of carbonyl (C=O) groups excluding carboxylic acids is 1. The van der Waals surface area contributed by atoms with Crippen molar-refractivity contribution in [2.75, 3.05) is 11.9 Å². The molecule has 1 aromatic heterocycles. The Kier molecular flexibility index (Phi) is 4.55. The number of aryl methyl sites for hydroxylation is 1. The third-order valence-corrected chi connectivity index (χ3v) is 4.02. The molecule has 1 aliphatic rings. The summed E-state index contributed by atoms with van der Waals surface area (Å²) in [4.78, 5) is 23.7. The van der Waals surface area contributed by atoms with Gasteiger partial charge in [-0.2, -0.15) is 0 Å². The van der Waals surface area contributed by atoms with E-state index < -0.39 is 5.97 Å². The molecular formula is C13H17NO4S. The second kappa shape index (κ2) is 6.16. The number of amides is 1. The number of carboxylic acid groups (broad SMARTS) is 1.